The highest BCUT2D eigenvalue weighted by atomic mass is 35.5. The van der Waals surface area contributed by atoms with Crippen molar-refractivity contribution >= 4 is 29.5 Å². The predicted octanol–water partition coefficient (Wildman–Crippen LogP) is 5.03. The molecule has 0 saturated carbocycles. The number of ether oxygens (including phenoxy) is 1. The molecule has 0 aliphatic carbocycles. The second-order valence-electron chi connectivity index (χ2n) is 6.94. The average Bonchev–Trinajstić information content (AvgIpc) is 2.78. The number of nitriles is 1. The van der Waals surface area contributed by atoms with Gasteiger partial charge in [0, 0.05) is 40.7 Å². The Labute approximate surface area is 189 Å². The molecule has 32 heavy (non-hydrogen) atoms. The van der Waals surface area contributed by atoms with Crippen molar-refractivity contribution in [2.75, 3.05) is 11.9 Å². The van der Waals surface area contributed by atoms with E-state index in [9.17, 15) is 19.2 Å². The highest BCUT2D eigenvalue weighted by Gasteiger charge is 2.20. The van der Waals surface area contributed by atoms with Crippen LogP contribution in [0.3, 0.4) is 0 Å². The number of halogens is 2. The Morgan fingerprint density at radius 3 is 2.72 bits per heavy atom. The predicted molar refractivity (Wildman–Crippen MR) is 120 cm³/mol. The second kappa shape index (κ2) is 10.4. The Bertz CT molecular complexity index is 1190. The first-order chi connectivity index (χ1) is 15.4. The number of primary amides is 1. The van der Waals surface area contributed by atoms with Gasteiger partial charge in [-0.25, -0.2) is 4.39 Å². The average molecular weight is 452 g/mol. The number of hydrogen-bond acceptors (Lipinski definition) is 5. The van der Waals surface area contributed by atoms with Gasteiger partial charge < -0.3 is 20.6 Å². The molecule has 0 heterocycles. The van der Waals surface area contributed by atoms with E-state index < -0.39 is 11.7 Å². The van der Waals surface area contributed by atoms with Gasteiger partial charge in [0.25, 0.3) is 0 Å². The number of rotatable bonds is 9. The molecule has 0 aliphatic heterocycles. The number of aldehydes is 1. The van der Waals surface area contributed by atoms with E-state index in [0.29, 0.717) is 28.4 Å². The van der Waals surface area contributed by atoms with Crippen molar-refractivity contribution in [2.45, 2.75) is 12.3 Å². The number of hydrogen-bond donors (Lipinski definition) is 2. The summed E-state index contributed by atoms with van der Waals surface area (Å²) in [6.45, 7) is 0.307. The van der Waals surface area contributed by atoms with Crippen molar-refractivity contribution in [3.05, 3.63) is 88.2 Å². The van der Waals surface area contributed by atoms with Crippen LogP contribution in [0.1, 0.15) is 33.8 Å². The van der Waals surface area contributed by atoms with E-state index in [1.807, 2.05) is 6.07 Å². The third kappa shape index (κ3) is 5.42. The summed E-state index contributed by atoms with van der Waals surface area (Å²) >= 11 is 6.13. The number of carbonyl (C=O) groups is 2. The molecule has 0 radical (unpaired) electrons. The SMILES string of the molecule is N#Cc1cccc(F)c1Oc1cc(Cl)ccc1C(CC=O)CNc1cccc(C(N)=O)c1. The summed E-state index contributed by atoms with van der Waals surface area (Å²) in [6.07, 6.45) is 0.914. The Hall–Kier alpha value is -3.89. The maximum atomic E-state index is 14.4. The minimum atomic E-state index is -0.691. The molecule has 3 aromatic carbocycles. The summed E-state index contributed by atoms with van der Waals surface area (Å²) < 4.78 is 20.1. The number of nitrogens with one attached hydrogen (secondary N) is 1. The van der Waals surface area contributed by atoms with Crippen molar-refractivity contribution in [2.24, 2.45) is 5.73 Å². The van der Waals surface area contributed by atoms with Crippen LogP contribution >= 0.6 is 11.6 Å². The number of carbonyl (C=O) groups excluding carboxylic acids is 2. The first kappa shape index (κ1) is 22.8. The highest BCUT2D eigenvalue weighted by molar-refractivity contribution is 6.30. The molecule has 0 saturated heterocycles. The Morgan fingerprint density at radius 1 is 1.22 bits per heavy atom. The van der Waals surface area contributed by atoms with Gasteiger partial charge >= 0.3 is 0 Å². The fourth-order valence-corrected chi connectivity index (χ4v) is 3.37. The summed E-state index contributed by atoms with van der Waals surface area (Å²) in [6, 6.07) is 17.5. The largest absolute Gasteiger partial charge is 0.453 e. The zero-order valence-electron chi connectivity index (χ0n) is 16.8. The standard InChI is InChI=1S/C24H19ClFN3O3/c25-18-7-8-20(22(12-18)32-23-16(13-27)4-2-6-21(23)26)17(9-10-30)14-29-19-5-1-3-15(11-19)24(28)31/h1-8,10-12,17,29H,9,14H2,(H2,28,31). The van der Waals surface area contributed by atoms with Crippen LogP contribution in [-0.2, 0) is 4.79 Å². The molecule has 3 N–H and O–H groups in total. The quantitative estimate of drug-likeness (QED) is 0.444. The topological polar surface area (TPSA) is 105 Å². The molecule has 0 fully saturated rings. The van der Waals surface area contributed by atoms with Gasteiger partial charge in [-0.15, -0.1) is 0 Å². The van der Waals surface area contributed by atoms with E-state index in [4.69, 9.17) is 22.1 Å². The molecule has 1 unspecified atom stereocenters. The van der Waals surface area contributed by atoms with Gasteiger partial charge in [-0.2, -0.15) is 5.26 Å². The molecule has 0 spiro atoms. The van der Waals surface area contributed by atoms with Gasteiger partial charge in [-0.05, 0) is 42.5 Å². The monoisotopic (exact) mass is 451 g/mol. The van der Waals surface area contributed by atoms with Crippen LogP contribution in [0, 0.1) is 17.1 Å². The summed E-state index contributed by atoms with van der Waals surface area (Å²) in [7, 11) is 0. The third-order valence-corrected chi connectivity index (χ3v) is 5.03. The second-order valence-corrected chi connectivity index (χ2v) is 7.37. The fraction of sp³-hybridized carbons (Fsp3) is 0.125. The third-order valence-electron chi connectivity index (χ3n) is 4.80. The van der Waals surface area contributed by atoms with Gasteiger partial charge in [-0.3, -0.25) is 4.79 Å². The van der Waals surface area contributed by atoms with Gasteiger partial charge in [0.2, 0.25) is 5.91 Å². The van der Waals surface area contributed by atoms with Gasteiger partial charge in [0.1, 0.15) is 18.1 Å². The lowest BCUT2D eigenvalue weighted by atomic mass is 9.95. The van der Waals surface area contributed by atoms with Crippen molar-refractivity contribution in [3.8, 4) is 17.6 Å². The molecular formula is C24H19ClFN3O3. The normalized spacial score (nSPS) is 11.3. The molecule has 8 heteroatoms. The number of amides is 1. The molecule has 162 valence electrons. The number of nitrogens with two attached hydrogens (primary N) is 1. The maximum absolute atomic E-state index is 14.4. The van der Waals surface area contributed by atoms with E-state index in [1.54, 1.807) is 36.4 Å². The lowest BCUT2D eigenvalue weighted by molar-refractivity contribution is -0.108. The smallest absolute Gasteiger partial charge is 0.248 e. The van der Waals surface area contributed by atoms with Gasteiger partial charge in [0.15, 0.2) is 11.6 Å². The van der Waals surface area contributed by atoms with E-state index in [2.05, 4.69) is 5.32 Å². The van der Waals surface area contributed by atoms with Crippen LogP contribution in [0.5, 0.6) is 11.5 Å². The molecule has 0 aliphatic rings. The lowest BCUT2D eigenvalue weighted by Crippen LogP contribution is -2.15. The van der Waals surface area contributed by atoms with Gasteiger partial charge in [-0.1, -0.05) is 29.8 Å². The minimum absolute atomic E-state index is 0.0317. The van der Waals surface area contributed by atoms with Crippen LogP contribution in [0.2, 0.25) is 5.02 Å². The summed E-state index contributed by atoms with van der Waals surface area (Å²) in [5.74, 6) is -1.59. The molecule has 1 atom stereocenters. The van der Waals surface area contributed by atoms with E-state index in [-0.39, 0.29) is 29.4 Å². The molecule has 1 amide bonds. The van der Waals surface area contributed by atoms with Crippen LogP contribution in [-0.4, -0.2) is 18.7 Å². The van der Waals surface area contributed by atoms with Crippen molar-refractivity contribution < 1.29 is 18.7 Å². The van der Waals surface area contributed by atoms with E-state index >= 15 is 0 Å². The Morgan fingerprint density at radius 2 is 2.00 bits per heavy atom. The molecule has 0 aromatic heterocycles. The van der Waals surface area contributed by atoms with Crippen LogP contribution < -0.4 is 15.8 Å². The van der Waals surface area contributed by atoms with Crippen LogP contribution in [0.25, 0.3) is 0 Å². The molecule has 3 aromatic rings. The maximum Gasteiger partial charge on any atom is 0.248 e. The van der Waals surface area contributed by atoms with Crippen molar-refractivity contribution in [1.82, 2.24) is 0 Å². The molecule has 6 nitrogen and oxygen atoms in total. The zero-order chi connectivity index (χ0) is 23.1. The summed E-state index contributed by atoms with van der Waals surface area (Å²) in [5.41, 5.74) is 6.96. The minimum Gasteiger partial charge on any atom is -0.453 e. The number of anilines is 1. The highest BCUT2D eigenvalue weighted by Crippen LogP contribution is 2.36. The van der Waals surface area contributed by atoms with Crippen LogP contribution in [0.4, 0.5) is 10.1 Å². The van der Waals surface area contributed by atoms with Gasteiger partial charge in [0.05, 0.1) is 5.56 Å². The van der Waals surface area contributed by atoms with Crippen molar-refractivity contribution in [1.29, 1.82) is 5.26 Å². The first-order valence-corrected chi connectivity index (χ1v) is 10.0. The first-order valence-electron chi connectivity index (χ1n) is 9.66. The van der Waals surface area contributed by atoms with E-state index in [0.717, 1.165) is 6.29 Å². The fourth-order valence-electron chi connectivity index (χ4n) is 3.20. The summed E-state index contributed by atoms with van der Waals surface area (Å²) in [5, 5.41) is 12.8. The Balaban J connectivity index is 1.92. The van der Waals surface area contributed by atoms with Crippen LogP contribution in [0.15, 0.2) is 60.7 Å². The van der Waals surface area contributed by atoms with Crippen molar-refractivity contribution in [3.63, 3.8) is 0 Å². The number of benzene rings is 3. The zero-order valence-corrected chi connectivity index (χ0v) is 17.6. The number of para-hydroxylation sites is 1. The Kier molecular flexibility index (Phi) is 7.42. The molecule has 0 bridgehead atoms. The lowest BCUT2D eigenvalue weighted by Gasteiger charge is -2.21. The molecule has 3 rings (SSSR count). The molecular weight excluding hydrogens is 433 g/mol. The van der Waals surface area contributed by atoms with E-state index in [1.165, 1.54) is 24.3 Å². The number of nitrogens with zero attached hydrogens (tertiary/aromatic N) is 1. The summed E-state index contributed by atoms with van der Waals surface area (Å²) in [4.78, 5) is 22.8.